The molecular weight excluding hydrogens is 270 g/mol. The Morgan fingerprint density at radius 2 is 2.05 bits per heavy atom. The number of nitro benzene ring substituents is 1. The summed E-state index contributed by atoms with van der Waals surface area (Å²) in [5, 5.41) is 10.8. The van der Waals surface area contributed by atoms with Gasteiger partial charge in [-0.25, -0.2) is 9.59 Å². The van der Waals surface area contributed by atoms with E-state index >= 15 is 0 Å². The summed E-state index contributed by atoms with van der Waals surface area (Å²) in [6, 6.07) is 3.48. The highest BCUT2D eigenvalue weighted by atomic mass is 16.6. The monoisotopic (exact) mass is 283 g/mol. The minimum absolute atomic E-state index is 0.0805. The van der Waals surface area contributed by atoms with Gasteiger partial charge in [0.1, 0.15) is 0 Å². The fourth-order valence-electron chi connectivity index (χ4n) is 1.36. The zero-order chi connectivity index (χ0) is 15.1. The summed E-state index contributed by atoms with van der Waals surface area (Å²) in [7, 11) is 1.18. The molecule has 0 radical (unpaired) electrons. The maximum atomic E-state index is 11.3. The molecule has 0 saturated heterocycles. The molecule has 0 atom stereocenters. The standard InChI is InChI=1S/C12H13NO7/c1-3-19-11(14)7-20-10-6-8(12(15)18-2)4-5-9(10)13(16)17/h4-6H,3,7H2,1-2H3. The van der Waals surface area contributed by atoms with Crippen molar-refractivity contribution in [1.82, 2.24) is 0 Å². The number of rotatable bonds is 6. The fraction of sp³-hybridized carbons (Fsp3) is 0.333. The fourth-order valence-corrected chi connectivity index (χ4v) is 1.36. The van der Waals surface area contributed by atoms with Crippen LogP contribution in [0.2, 0.25) is 0 Å². The summed E-state index contributed by atoms with van der Waals surface area (Å²) in [6.07, 6.45) is 0. The van der Waals surface area contributed by atoms with Crippen molar-refractivity contribution >= 4 is 17.6 Å². The first kappa shape index (κ1) is 15.4. The normalized spacial score (nSPS) is 9.70. The predicted octanol–water partition coefficient (Wildman–Crippen LogP) is 1.32. The van der Waals surface area contributed by atoms with Gasteiger partial charge in [0, 0.05) is 12.1 Å². The average Bonchev–Trinajstić information content (AvgIpc) is 2.44. The molecule has 0 heterocycles. The molecule has 1 aromatic carbocycles. The van der Waals surface area contributed by atoms with Gasteiger partial charge in [-0.1, -0.05) is 0 Å². The Hall–Kier alpha value is -2.64. The molecule has 0 aliphatic rings. The van der Waals surface area contributed by atoms with E-state index in [4.69, 9.17) is 4.74 Å². The van der Waals surface area contributed by atoms with Gasteiger partial charge < -0.3 is 14.2 Å². The Morgan fingerprint density at radius 1 is 1.35 bits per heavy atom. The summed E-state index contributed by atoms with van der Waals surface area (Å²) in [4.78, 5) is 32.7. The van der Waals surface area contributed by atoms with Crippen LogP contribution >= 0.6 is 0 Å². The maximum absolute atomic E-state index is 11.3. The SMILES string of the molecule is CCOC(=O)COc1cc(C(=O)OC)ccc1[N+](=O)[O-]. The first-order chi connectivity index (χ1) is 9.49. The number of hydrogen-bond donors (Lipinski definition) is 0. The van der Waals surface area contributed by atoms with Crippen LogP contribution in [-0.4, -0.2) is 37.2 Å². The van der Waals surface area contributed by atoms with Gasteiger partial charge in [-0.2, -0.15) is 0 Å². The number of carbonyl (C=O) groups excluding carboxylic acids is 2. The quantitative estimate of drug-likeness (QED) is 0.440. The second kappa shape index (κ2) is 7.07. The number of carbonyl (C=O) groups is 2. The lowest BCUT2D eigenvalue weighted by Crippen LogP contribution is -2.15. The molecule has 0 unspecified atom stereocenters. The van der Waals surface area contributed by atoms with Crippen LogP contribution in [0.25, 0.3) is 0 Å². The van der Waals surface area contributed by atoms with Gasteiger partial charge in [0.15, 0.2) is 12.4 Å². The average molecular weight is 283 g/mol. The largest absolute Gasteiger partial charge is 0.475 e. The van der Waals surface area contributed by atoms with Crippen LogP contribution in [-0.2, 0) is 14.3 Å². The van der Waals surface area contributed by atoms with Gasteiger partial charge in [-0.3, -0.25) is 10.1 Å². The van der Waals surface area contributed by atoms with Crippen molar-refractivity contribution in [3.05, 3.63) is 33.9 Å². The second-order valence-corrected chi connectivity index (χ2v) is 3.52. The molecule has 20 heavy (non-hydrogen) atoms. The number of hydrogen-bond acceptors (Lipinski definition) is 7. The van der Waals surface area contributed by atoms with Crippen LogP contribution in [0.15, 0.2) is 18.2 Å². The number of esters is 2. The zero-order valence-electron chi connectivity index (χ0n) is 11.0. The molecular formula is C12H13NO7. The minimum atomic E-state index is -0.679. The van der Waals surface area contributed by atoms with Crippen molar-refractivity contribution in [3.63, 3.8) is 0 Å². The molecule has 0 bridgehead atoms. The molecule has 0 saturated carbocycles. The van der Waals surface area contributed by atoms with Gasteiger partial charge >= 0.3 is 17.6 Å². The molecule has 0 fully saturated rings. The molecule has 8 nitrogen and oxygen atoms in total. The topological polar surface area (TPSA) is 105 Å². The number of methoxy groups -OCH3 is 1. The lowest BCUT2D eigenvalue weighted by molar-refractivity contribution is -0.385. The van der Waals surface area contributed by atoms with Crippen molar-refractivity contribution in [2.75, 3.05) is 20.3 Å². The van der Waals surface area contributed by atoms with Gasteiger partial charge in [0.2, 0.25) is 0 Å². The van der Waals surface area contributed by atoms with Crippen molar-refractivity contribution in [2.45, 2.75) is 6.92 Å². The molecule has 0 aliphatic carbocycles. The highest BCUT2D eigenvalue weighted by Crippen LogP contribution is 2.28. The third-order valence-corrected chi connectivity index (χ3v) is 2.23. The number of nitro groups is 1. The van der Waals surface area contributed by atoms with E-state index in [1.165, 1.54) is 13.2 Å². The Kier molecular flexibility index (Phi) is 5.45. The van der Waals surface area contributed by atoms with Crippen LogP contribution in [0.3, 0.4) is 0 Å². The summed E-state index contributed by atoms with van der Waals surface area (Å²) in [6.45, 7) is 1.31. The van der Waals surface area contributed by atoms with Crippen LogP contribution in [0.1, 0.15) is 17.3 Å². The molecule has 0 aliphatic heterocycles. The molecule has 0 N–H and O–H groups in total. The molecule has 1 aromatic rings. The van der Waals surface area contributed by atoms with E-state index in [-0.39, 0.29) is 23.6 Å². The third kappa shape index (κ3) is 3.94. The highest BCUT2D eigenvalue weighted by molar-refractivity contribution is 5.90. The zero-order valence-corrected chi connectivity index (χ0v) is 11.0. The van der Waals surface area contributed by atoms with Crippen LogP contribution in [0.4, 0.5) is 5.69 Å². The summed E-state index contributed by atoms with van der Waals surface area (Å²) >= 11 is 0. The van der Waals surface area contributed by atoms with E-state index in [0.29, 0.717) is 0 Å². The van der Waals surface area contributed by atoms with Gasteiger partial charge in [-0.05, 0) is 13.0 Å². The first-order valence-corrected chi connectivity index (χ1v) is 5.64. The molecule has 0 spiro atoms. The van der Waals surface area contributed by atoms with Gasteiger partial charge in [-0.15, -0.1) is 0 Å². The van der Waals surface area contributed by atoms with Crippen molar-refractivity contribution < 1.29 is 28.7 Å². The molecule has 108 valence electrons. The lowest BCUT2D eigenvalue weighted by Gasteiger charge is -2.07. The van der Waals surface area contributed by atoms with Crippen LogP contribution in [0, 0.1) is 10.1 Å². The van der Waals surface area contributed by atoms with Gasteiger partial charge in [0.25, 0.3) is 0 Å². The Morgan fingerprint density at radius 3 is 2.60 bits per heavy atom. The molecule has 1 rings (SSSR count). The predicted molar refractivity (Wildman–Crippen MR) is 66.6 cm³/mol. The molecule has 0 aromatic heterocycles. The Bertz CT molecular complexity index is 527. The highest BCUT2D eigenvalue weighted by Gasteiger charge is 2.19. The number of ether oxygens (including phenoxy) is 3. The third-order valence-electron chi connectivity index (χ3n) is 2.23. The smallest absolute Gasteiger partial charge is 0.344 e. The second-order valence-electron chi connectivity index (χ2n) is 3.52. The van der Waals surface area contributed by atoms with E-state index < -0.39 is 23.5 Å². The summed E-state index contributed by atoms with van der Waals surface area (Å²) < 4.78 is 14.2. The van der Waals surface area contributed by atoms with E-state index in [0.717, 1.165) is 12.1 Å². The van der Waals surface area contributed by atoms with E-state index in [2.05, 4.69) is 9.47 Å². The molecule has 8 heteroatoms. The first-order valence-electron chi connectivity index (χ1n) is 5.64. The van der Waals surface area contributed by atoms with Crippen molar-refractivity contribution in [2.24, 2.45) is 0 Å². The summed E-state index contributed by atoms with van der Waals surface area (Å²) in [5.41, 5.74) is -0.279. The minimum Gasteiger partial charge on any atom is -0.475 e. The lowest BCUT2D eigenvalue weighted by atomic mass is 10.2. The Labute approximate surface area is 114 Å². The van der Waals surface area contributed by atoms with Gasteiger partial charge in [0.05, 0.1) is 24.2 Å². The van der Waals surface area contributed by atoms with Crippen LogP contribution in [0.5, 0.6) is 5.75 Å². The van der Waals surface area contributed by atoms with E-state index in [1.54, 1.807) is 6.92 Å². The van der Waals surface area contributed by atoms with E-state index in [1.807, 2.05) is 0 Å². The molecule has 0 amide bonds. The number of benzene rings is 1. The van der Waals surface area contributed by atoms with Crippen LogP contribution < -0.4 is 4.74 Å². The van der Waals surface area contributed by atoms with Crippen molar-refractivity contribution in [1.29, 1.82) is 0 Å². The maximum Gasteiger partial charge on any atom is 0.344 e. The summed E-state index contributed by atoms with van der Waals surface area (Å²) in [5.74, 6) is -1.53. The Balaban J connectivity index is 2.97. The van der Waals surface area contributed by atoms with Crippen molar-refractivity contribution in [3.8, 4) is 5.75 Å². The van der Waals surface area contributed by atoms with E-state index in [9.17, 15) is 19.7 Å². The number of nitrogens with zero attached hydrogens (tertiary/aromatic N) is 1.